The highest BCUT2D eigenvalue weighted by Crippen LogP contribution is 2.27. The van der Waals surface area contributed by atoms with E-state index in [0.717, 1.165) is 11.1 Å². The lowest BCUT2D eigenvalue weighted by Crippen LogP contribution is -2.15. The number of aromatic carboxylic acids is 1. The Labute approximate surface area is 163 Å². The Kier molecular flexibility index (Phi) is 5.65. The van der Waals surface area contributed by atoms with E-state index in [9.17, 15) is 18.3 Å². The highest BCUT2D eigenvalue weighted by atomic mass is 32.2. The average molecular weight is 396 g/mol. The van der Waals surface area contributed by atoms with Crippen LogP contribution in [0.2, 0.25) is 0 Å². The quantitative estimate of drug-likeness (QED) is 0.559. The number of hydrogen-bond acceptors (Lipinski definition) is 4. The van der Waals surface area contributed by atoms with Gasteiger partial charge in [0.15, 0.2) is 0 Å². The number of nitrogens with one attached hydrogen (secondary N) is 2. The third kappa shape index (κ3) is 4.69. The number of sulfonamides is 1. The molecule has 3 aromatic carbocycles. The number of rotatable bonds is 7. The summed E-state index contributed by atoms with van der Waals surface area (Å²) < 4.78 is 28.0. The molecule has 0 fully saturated rings. The summed E-state index contributed by atoms with van der Waals surface area (Å²) >= 11 is 0. The Morgan fingerprint density at radius 2 is 1.61 bits per heavy atom. The molecule has 0 aliphatic carbocycles. The second-order valence-electron chi connectivity index (χ2n) is 6.32. The molecule has 0 radical (unpaired) electrons. The number of carboxylic acid groups (broad SMARTS) is 1. The van der Waals surface area contributed by atoms with Gasteiger partial charge >= 0.3 is 5.97 Å². The van der Waals surface area contributed by atoms with Crippen molar-refractivity contribution in [2.75, 3.05) is 10.0 Å². The van der Waals surface area contributed by atoms with Gasteiger partial charge in [-0.2, -0.15) is 0 Å². The first-order valence-electron chi connectivity index (χ1n) is 8.60. The highest BCUT2D eigenvalue weighted by molar-refractivity contribution is 7.92. The number of hydrogen-bond donors (Lipinski definition) is 3. The van der Waals surface area contributed by atoms with Crippen molar-refractivity contribution in [3.05, 3.63) is 89.5 Å². The number of benzene rings is 3. The van der Waals surface area contributed by atoms with Crippen LogP contribution in [-0.2, 0) is 16.6 Å². The van der Waals surface area contributed by atoms with Crippen molar-refractivity contribution in [2.24, 2.45) is 0 Å². The average Bonchev–Trinajstić information content (AvgIpc) is 2.67. The zero-order valence-electron chi connectivity index (χ0n) is 15.2. The molecular formula is C21H20N2O4S. The minimum Gasteiger partial charge on any atom is -0.478 e. The van der Waals surface area contributed by atoms with E-state index in [1.807, 2.05) is 37.3 Å². The molecule has 3 N–H and O–H groups in total. The normalized spacial score (nSPS) is 11.0. The van der Waals surface area contributed by atoms with Crippen LogP contribution in [0.1, 0.15) is 21.5 Å². The maximum Gasteiger partial charge on any atom is 0.335 e. The fraction of sp³-hybridized carbons (Fsp3) is 0.0952. The summed E-state index contributed by atoms with van der Waals surface area (Å²) in [4.78, 5) is 11.4. The molecule has 0 bridgehead atoms. The van der Waals surface area contributed by atoms with Gasteiger partial charge < -0.3 is 10.4 Å². The Bertz CT molecular complexity index is 1080. The molecule has 144 valence electrons. The number of aryl methyl sites for hydroxylation is 1. The van der Waals surface area contributed by atoms with E-state index in [1.54, 1.807) is 18.2 Å². The summed E-state index contributed by atoms with van der Waals surface area (Å²) in [5.41, 5.74) is 2.61. The molecule has 0 aromatic heterocycles. The van der Waals surface area contributed by atoms with Gasteiger partial charge in [-0.3, -0.25) is 4.72 Å². The summed E-state index contributed by atoms with van der Waals surface area (Å²) in [6.07, 6.45) is 0. The molecule has 0 unspecified atom stereocenters. The molecule has 0 aliphatic rings. The molecule has 0 saturated carbocycles. The third-order valence-electron chi connectivity index (χ3n) is 4.17. The largest absolute Gasteiger partial charge is 0.478 e. The van der Waals surface area contributed by atoms with Crippen LogP contribution >= 0.6 is 0 Å². The standard InChI is InChI=1S/C21H20N2O4S/c1-15-7-10-18(11-8-15)28(26,27)23-20-13-17(21(24)25)9-12-19(20)22-14-16-5-3-2-4-6-16/h2-13,22-23H,14H2,1H3,(H,24,25). The van der Waals surface area contributed by atoms with E-state index in [4.69, 9.17) is 0 Å². The van der Waals surface area contributed by atoms with Crippen LogP contribution in [0.3, 0.4) is 0 Å². The Balaban J connectivity index is 1.91. The minimum absolute atomic E-state index is 0.00753. The van der Waals surface area contributed by atoms with Gasteiger partial charge in [0.2, 0.25) is 0 Å². The van der Waals surface area contributed by atoms with E-state index >= 15 is 0 Å². The van der Waals surface area contributed by atoms with Gasteiger partial charge in [-0.1, -0.05) is 48.0 Å². The van der Waals surface area contributed by atoms with Gasteiger partial charge in [0.1, 0.15) is 0 Å². The van der Waals surface area contributed by atoms with Crippen molar-refractivity contribution in [1.82, 2.24) is 0 Å². The van der Waals surface area contributed by atoms with E-state index in [0.29, 0.717) is 12.2 Å². The maximum atomic E-state index is 12.7. The van der Waals surface area contributed by atoms with E-state index in [-0.39, 0.29) is 16.1 Å². The first kappa shape index (κ1) is 19.4. The van der Waals surface area contributed by atoms with Crippen LogP contribution in [-0.4, -0.2) is 19.5 Å². The number of anilines is 2. The third-order valence-corrected chi connectivity index (χ3v) is 5.55. The molecule has 3 aromatic rings. The molecule has 7 heteroatoms. The molecule has 0 spiro atoms. The van der Waals surface area contributed by atoms with Crippen molar-refractivity contribution >= 4 is 27.4 Å². The molecule has 6 nitrogen and oxygen atoms in total. The van der Waals surface area contributed by atoms with Crippen LogP contribution in [0, 0.1) is 6.92 Å². The van der Waals surface area contributed by atoms with E-state index in [2.05, 4.69) is 10.0 Å². The van der Waals surface area contributed by atoms with Crippen LogP contribution in [0.25, 0.3) is 0 Å². The van der Waals surface area contributed by atoms with Crippen molar-refractivity contribution < 1.29 is 18.3 Å². The van der Waals surface area contributed by atoms with Gasteiger partial charge in [0.25, 0.3) is 10.0 Å². The van der Waals surface area contributed by atoms with E-state index in [1.165, 1.54) is 24.3 Å². The predicted molar refractivity (Wildman–Crippen MR) is 109 cm³/mol. The van der Waals surface area contributed by atoms with Gasteiger partial charge in [0, 0.05) is 6.54 Å². The zero-order valence-corrected chi connectivity index (χ0v) is 16.0. The maximum absolute atomic E-state index is 12.7. The highest BCUT2D eigenvalue weighted by Gasteiger charge is 2.17. The van der Waals surface area contributed by atoms with Crippen molar-refractivity contribution in [3.63, 3.8) is 0 Å². The van der Waals surface area contributed by atoms with Crippen molar-refractivity contribution in [1.29, 1.82) is 0 Å². The zero-order chi connectivity index (χ0) is 20.1. The smallest absolute Gasteiger partial charge is 0.335 e. The molecule has 0 heterocycles. The SMILES string of the molecule is Cc1ccc(S(=O)(=O)Nc2cc(C(=O)O)ccc2NCc2ccccc2)cc1. The summed E-state index contributed by atoms with van der Waals surface area (Å²) in [6.45, 7) is 2.33. The predicted octanol–water partition coefficient (Wildman–Crippen LogP) is 4.11. The Morgan fingerprint density at radius 1 is 0.929 bits per heavy atom. The summed E-state index contributed by atoms with van der Waals surface area (Å²) in [5.74, 6) is -1.13. The van der Waals surface area contributed by atoms with Crippen molar-refractivity contribution in [2.45, 2.75) is 18.4 Å². The van der Waals surface area contributed by atoms with Crippen LogP contribution in [0.5, 0.6) is 0 Å². The Morgan fingerprint density at radius 3 is 2.25 bits per heavy atom. The second kappa shape index (κ2) is 8.14. The fourth-order valence-electron chi connectivity index (χ4n) is 2.63. The molecule has 0 aliphatic heterocycles. The Hall–Kier alpha value is -3.32. The topological polar surface area (TPSA) is 95.5 Å². The molecular weight excluding hydrogens is 376 g/mol. The van der Waals surface area contributed by atoms with Crippen LogP contribution in [0.15, 0.2) is 77.7 Å². The van der Waals surface area contributed by atoms with Crippen LogP contribution in [0.4, 0.5) is 11.4 Å². The number of carbonyl (C=O) groups is 1. The summed E-state index contributed by atoms with van der Waals surface area (Å²) in [7, 11) is -3.86. The minimum atomic E-state index is -3.86. The molecule has 0 saturated heterocycles. The summed E-state index contributed by atoms with van der Waals surface area (Å²) in [6, 6.07) is 20.3. The first-order valence-corrected chi connectivity index (χ1v) is 10.1. The van der Waals surface area contributed by atoms with Gasteiger partial charge in [-0.25, -0.2) is 13.2 Å². The molecule has 28 heavy (non-hydrogen) atoms. The van der Waals surface area contributed by atoms with Crippen molar-refractivity contribution in [3.8, 4) is 0 Å². The van der Waals surface area contributed by atoms with Crippen LogP contribution < -0.4 is 10.0 Å². The lowest BCUT2D eigenvalue weighted by atomic mass is 10.1. The second-order valence-corrected chi connectivity index (χ2v) is 8.01. The lowest BCUT2D eigenvalue weighted by Gasteiger charge is -2.15. The van der Waals surface area contributed by atoms with Gasteiger partial charge in [0.05, 0.1) is 21.8 Å². The lowest BCUT2D eigenvalue weighted by molar-refractivity contribution is 0.0697. The molecule has 3 rings (SSSR count). The summed E-state index contributed by atoms with van der Waals surface area (Å²) in [5, 5.41) is 12.4. The molecule has 0 atom stereocenters. The number of carboxylic acids is 1. The van der Waals surface area contributed by atoms with Gasteiger partial charge in [-0.05, 0) is 42.8 Å². The first-order chi connectivity index (χ1) is 13.3. The van der Waals surface area contributed by atoms with Gasteiger partial charge in [-0.15, -0.1) is 0 Å². The fourth-order valence-corrected chi connectivity index (χ4v) is 3.70. The van der Waals surface area contributed by atoms with E-state index < -0.39 is 16.0 Å². The monoisotopic (exact) mass is 396 g/mol. The molecule has 0 amide bonds.